The average Bonchev–Trinajstić information content (AvgIpc) is 2.34. The fraction of sp³-hybridized carbons (Fsp3) is 0.357. The summed E-state index contributed by atoms with van der Waals surface area (Å²) in [5.74, 6) is 1.32. The molecule has 0 aromatic heterocycles. The van der Waals surface area contributed by atoms with E-state index in [1.54, 1.807) is 0 Å². The maximum absolute atomic E-state index is 5.67. The number of guanidine groups is 1. The number of halogens is 1. The van der Waals surface area contributed by atoms with E-state index in [1.807, 2.05) is 38.1 Å². The Kier molecular flexibility index (Phi) is 9.03. The number of aliphatic imine (C=N–C) groups is 1. The minimum atomic E-state index is 0. The van der Waals surface area contributed by atoms with E-state index in [2.05, 4.69) is 16.9 Å². The molecule has 0 unspecified atom stereocenters. The Morgan fingerprint density at radius 3 is 2.74 bits per heavy atom. The second kappa shape index (κ2) is 9.66. The molecule has 106 valence electrons. The van der Waals surface area contributed by atoms with Gasteiger partial charge in [-0.1, -0.05) is 30.4 Å². The van der Waals surface area contributed by atoms with E-state index in [1.165, 1.54) is 0 Å². The smallest absolute Gasteiger partial charge is 0.189 e. The number of hydrogen-bond donors (Lipinski definition) is 2. The fourth-order valence-corrected chi connectivity index (χ4v) is 1.33. The lowest BCUT2D eigenvalue weighted by molar-refractivity contribution is 0.320. The summed E-state index contributed by atoms with van der Waals surface area (Å²) in [7, 11) is 0. The van der Waals surface area contributed by atoms with Crippen molar-refractivity contribution in [1.29, 1.82) is 0 Å². The SMILES string of the molecule is C=C(C)CN=C(N)NCCOc1ccccc1C.I. The molecule has 0 saturated heterocycles. The van der Waals surface area contributed by atoms with Crippen molar-refractivity contribution in [3.05, 3.63) is 42.0 Å². The monoisotopic (exact) mass is 375 g/mol. The van der Waals surface area contributed by atoms with Crippen LogP contribution in [0.25, 0.3) is 0 Å². The number of hydrogen-bond acceptors (Lipinski definition) is 2. The molecule has 3 N–H and O–H groups in total. The summed E-state index contributed by atoms with van der Waals surface area (Å²) in [6.45, 7) is 9.42. The molecule has 1 aromatic carbocycles. The van der Waals surface area contributed by atoms with Gasteiger partial charge in [0.2, 0.25) is 0 Å². The molecule has 0 fully saturated rings. The van der Waals surface area contributed by atoms with Crippen LogP contribution in [0.4, 0.5) is 0 Å². The highest BCUT2D eigenvalue weighted by Gasteiger charge is 1.97. The fourth-order valence-electron chi connectivity index (χ4n) is 1.33. The molecular formula is C14H22IN3O. The summed E-state index contributed by atoms with van der Waals surface area (Å²) in [6.07, 6.45) is 0. The molecule has 0 aliphatic carbocycles. The number of nitrogens with zero attached hydrogens (tertiary/aromatic N) is 1. The standard InChI is InChI=1S/C14H21N3O.HI/c1-11(2)10-17-14(15)16-8-9-18-13-7-5-4-6-12(13)3;/h4-7H,1,8-10H2,2-3H3,(H3,15,16,17);1H. The van der Waals surface area contributed by atoms with Gasteiger partial charge in [-0.2, -0.15) is 0 Å². The van der Waals surface area contributed by atoms with Gasteiger partial charge in [-0.3, -0.25) is 0 Å². The molecule has 0 aliphatic rings. The van der Waals surface area contributed by atoms with Crippen molar-refractivity contribution in [3.63, 3.8) is 0 Å². The Hall–Kier alpha value is -1.24. The van der Waals surface area contributed by atoms with Gasteiger partial charge in [0, 0.05) is 0 Å². The first-order valence-electron chi connectivity index (χ1n) is 5.96. The zero-order valence-electron chi connectivity index (χ0n) is 11.5. The van der Waals surface area contributed by atoms with Crippen LogP contribution in [-0.2, 0) is 0 Å². The summed E-state index contributed by atoms with van der Waals surface area (Å²) in [5.41, 5.74) is 7.78. The summed E-state index contributed by atoms with van der Waals surface area (Å²) in [6, 6.07) is 7.92. The first kappa shape index (κ1) is 17.8. The Balaban J connectivity index is 0.00000324. The molecule has 19 heavy (non-hydrogen) atoms. The van der Waals surface area contributed by atoms with Crippen LogP contribution in [0.3, 0.4) is 0 Å². The second-order valence-corrected chi connectivity index (χ2v) is 4.20. The van der Waals surface area contributed by atoms with Crippen molar-refractivity contribution >= 4 is 29.9 Å². The molecule has 0 amide bonds. The lowest BCUT2D eigenvalue weighted by atomic mass is 10.2. The van der Waals surface area contributed by atoms with Crippen LogP contribution >= 0.6 is 24.0 Å². The Morgan fingerprint density at radius 1 is 1.42 bits per heavy atom. The number of aryl methyl sites for hydroxylation is 1. The minimum Gasteiger partial charge on any atom is -0.491 e. The number of nitrogens with two attached hydrogens (primary N) is 1. The number of para-hydroxylation sites is 1. The summed E-state index contributed by atoms with van der Waals surface area (Å²) >= 11 is 0. The number of rotatable bonds is 6. The summed E-state index contributed by atoms with van der Waals surface area (Å²) in [4.78, 5) is 4.11. The van der Waals surface area contributed by atoms with Gasteiger partial charge in [-0.15, -0.1) is 24.0 Å². The Morgan fingerprint density at radius 2 is 2.11 bits per heavy atom. The van der Waals surface area contributed by atoms with Gasteiger partial charge >= 0.3 is 0 Å². The van der Waals surface area contributed by atoms with Crippen LogP contribution in [0, 0.1) is 6.92 Å². The predicted molar refractivity (Wildman–Crippen MR) is 91.4 cm³/mol. The van der Waals surface area contributed by atoms with Gasteiger partial charge in [0.25, 0.3) is 0 Å². The minimum absolute atomic E-state index is 0. The zero-order chi connectivity index (χ0) is 13.4. The lowest BCUT2D eigenvalue weighted by Gasteiger charge is -2.09. The van der Waals surface area contributed by atoms with Gasteiger partial charge in [0.05, 0.1) is 13.1 Å². The van der Waals surface area contributed by atoms with Crippen molar-refractivity contribution in [1.82, 2.24) is 5.32 Å². The summed E-state index contributed by atoms with van der Waals surface area (Å²) < 4.78 is 5.62. The van der Waals surface area contributed by atoms with Crippen LogP contribution in [0.15, 0.2) is 41.4 Å². The van der Waals surface area contributed by atoms with Crippen LogP contribution in [0.1, 0.15) is 12.5 Å². The van der Waals surface area contributed by atoms with Crippen molar-refractivity contribution in [2.24, 2.45) is 10.7 Å². The maximum atomic E-state index is 5.67. The van der Waals surface area contributed by atoms with Gasteiger partial charge < -0.3 is 15.8 Å². The van der Waals surface area contributed by atoms with Crippen LogP contribution in [0.5, 0.6) is 5.75 Å². The van der Waals surface area contributed by atoms with Crippen LogP contribution < -0.4 is 15.8 Å². The highest BCUT2D eigenvalue weighted by Crippen LogP contribution is 2.15. The van der Waals surface area contributed by atoms with E-state index in [9.17, 15) is 0 Å². The molecular weight excluding hydrogens is 353 g/mol. The number of ether oxygens (including phenoxy) is 1. The van der Waals surface area contributed by atoms with Gasteiger partial charge in [-0.05, 0) is 25.5 Å². The molecule has 0 bridgehead atoms. The third kappa shape index (κ3) is 7.71. The molecule has 0 atom stereocenters. The quantitative estimate of drug-likeness (QED) is 0.264. The second-order valence-electron chi connectivity index (χ2n) is 4.20. The third-order valence-corrected chi connectivity index (χ3v) is 2.28. The highest BCUT2D eigenvalue weighted by molar-refractivity contribution is 14.0. The lowest BCUT2D eigenvalue weighted by Crippen LogP contribution is -2.34. The molecule has 0 saturated carbocycles. The van der Waals surface area contributed by atoms with E-state index in [0.717, 1.165) is 16.9 Å². The molecule has 0 spiro atoms. The van der Waals surface area contributed by atoms with Gasteiger partial charge in [0.1, 0.15) is 12.4 Å². The zero-order valence-corrected chi connectivity index (χ0v) is 13.8. The van der Waals surface area contributed by atoms with E-state index in [4.69, 9.17) is 10.5 Å². The highest BCUT2D eigenvalue weighted by atomic mass is 127. The van der Waals surface area contributed by atoms with Crippen molar-refractivity contribution in [3.8, 4) is 5.75 Å². The third-order valence-electron chi connectivity index (χ3n) is 2.28. The van der Waals surface area contributed by atoms with Gasteiger partial charge in [-0.25, -0.2) is 4.99 Å². The molecule has 4 nitrogen and oxygen atoms in total. The number of benzene rings is 1. The summed E-state index contributed by atoms with van der Waals surface area (Å²) in [5, 5.41) is 2.99. The first-order chi connectivity index (χ1) is 8.59. The molecule has 1 rings (SSSR count). The van der Waals surface area contributed by atoms with Gasteiger partial charge in [0.15, 0.2) is 5.96 Å². The predicted octanol–water partition coefficient (Wildman–Crippen LogP) is 2.47. The largest absolute Gasteiger partial charge is 0.491 e. The Bertz CT molecular complexity index is 432. The van der Waals surface area contributed by atoms with E-state index in [-0.39, 0.29) is 24.0 Å². The van der Waals surface area contributed by atoms with Crippen molar-refractivity contribution in [2.75, 3.05) is 19.7 Å². The maximum Gasteiger partial charge on any atom is 0.189 e. The average molecular weight is 375 g/mol. The van der Waals surface area contributed by atoms with E-state index in [0.29, 0.717) is 25.7 Å². The number of nitrogens with one attached hydrogen (secondary N) is 1. The topological polar surface area (TPSA) is 59.6 Å². The molecule has 0 aliphatic heterocycles. The molecule has 5 heteroatoms. The van der Waals surface area contributed by atoms with E-state index >= 15 is 0 Å². The van der Waals surface area contributed by atoms with E-state index < -0.39 is 0 Å². The van der Waals surface area contributed by atoms with Crippen LogP contribution in [0.2, 0.25) is 0 Å². The normalized spacial score (nSPS) is 10.5. The van der Waals surface area contributed by atoms with Crippen molar-refractivity contribution in [2.45, 2.75) is 13.8 Å². The Labute approximate surface area is 132 Å². The first-order valence-corrected chi connectivity index (χ1v) is 5.96. The molecule has 1 aromatic rings. The van der Waals surface area contributed by atoms with Crippen molar-refractivity contribution < 1.29 is 4.74 Å². The molecule has 0 heterocycles. The van der Waals surface area contributed by atoms with Crippen LogP contribution in [-0.4, -0.2) is 25.7 Å². The molecule has 0 radical (unpaired) electrons.